The van der Waals surface area contributed by atoms with Crippen molar-refractivity contribution in [2.75, 3.05) is 7.11 Å². The SMILES string of the molecule is COc1ccc(C=C(C)C=O)cc1C. The minimum absolute atomic E-state index is 0.717. The van der Waals surface area contributed by atoms with E-state index >= 15 is 0 Å². The maximum Gasteiger partial charge on any atom is 0.145 e. The van der Waals surface area contributed by atoms with E-state index in [4.69, 9.17) is 4.74 Å². The Balaban J connectivity index is 3.03. The predicted octanol–water partition coefficient (Wildman–Crippen LogP) is 2.61. The lowest BCUT2D eigenvalue weighted by molar-refractivity contribution is -0.104. The molecule has 1 aromatic carbocycles. The van der Waals surface area contributed by atoms with Gasteiger partial charge in [-0.15, -0.1) is 0 Å². The summed E-state index contributed by atoms with van der Waals surface area (Å²) in [6.07, 6.45) is 2.69. The molecule has 1 aromatic rings. The van der Waals surface area contributed by atoms with Crippen LogP contribution in [0, 0.1) is 6.92 Å². The summed E-state index contributed by atoms with van der Waals surface area (Å²) in [6.45, 7) is 3.76. The normalized spacial score (nSPS) is 11.2. The summed E-state index contributed by atoms with van der Waals surface area (Å²) < 4.78 is 5.14. The molecule has 0 bridgehead atoms. The molecule has 0 N–H and O–H groups in total. The molecule has 2 heteroatoms. The molecule has 14 heavy (non-hydrogen) atoms. The number of benzene rings is 1. The fourth-order valence-electron chi connectivity index (χ4n) is 1.29. The molecule has 0 aromatic heterocycles. The van der Waals surface area contributed by atoms with Crippen LogP contribution in [0.15, 0.2) is 23.8 Å². The molecule has 0 saturated carbocycles. The molecule has 0 aliphatic heterocycles. The van der Waals surface area contributed by atoms with Crippen LogP contribution in [0.2, 0.25) is 0 Å². The van der Waals surface area contributed by atoms with Crippen LogP contribution in [-0.4, -0.2) is 13.4 Å². The Bertz CT molecular complexity index is 365. The van der Waals surface area contributed by atoms with Gasteiger partial charge in [0.1, 0.15) is 12.0 Å². The average Bonchev–Trinajstić information content (AvgIpc) is 2.18. The van der Waals surface area contributed by atoms with Gasteiger partial charge in [-0.3, -0.25) is 4.79 Å². The van der Waals surface area contributed by atoms with Crippen LogP contribution in [0.3, 0.4) is 0 Å². The smallest absolute Gasteiger partial charge is 0.145 e. The lowest BCUT2D eigenvalue weighted by Crippen LogP contribution is -1.87. The number of ether oxygens (including phenoxy) is 1. The number of hydrogen-bond acceptors (Lipinski definition) is 2. The summed E-state index contributed by atoms with van der Waals surface area (Å²) >= 11 is 0. The number of methoxy groups -OCH3 is 1. The first-order chi connectivity index (χ1) is 6.67. The zero-order valence-electron chi connectivity index (χ0n) is 8.70. The van der Waals surface area contributed by atoms with Crippen molar-refractivity contribution in [2.45, 2.75) is 13.8 Å². The van der Waals surface area contributed by atoms with Gasteiger partial charge >= 0.3 is 0 Å². The predicted molar refractivity (Wildman–Crippen MR) is 57.4 cm³/mol. The van der Waals surface area contributed by atoms with Crippen molar-refractivity contribution in [1.29, 1.82) is 0 Å². The molecule has 0 atom stereocenters. The van der Waals surface area contributed by atoms with E-state index in [0.717, 1.165) is 28.7 Å². The molecule has 0 fully saturated rings. The first-order valence-electron chi connectivity index (χ1n) is 4.45. The van der Waals surface area contributed by atoms with E-state index in [1.807, 2.05) is 31.2 Å². The van der Waals surface area contributed by atoms with E-state index in [1.165, 1.54) is 0 Å². The summed E-state index contributed by atoms with van der Waals surface area (Å²) in [5.74, 6) is 0.867. The third-order valence-electron chi connectivity index (χ3n) is 2.00. The standard InChI is InChI=1S/C12H14O2/c1-9(8-13)6-11-4-5-12(14-3)10(2)7-11/h4-8H,1-3H3. The van der Waals surface area contributed by atoms with Gasteiger partial charge in [-0.1, -0.05) is 6.07 Å². The van der Waals surface area contributed by atoms with Crippen LogP contribution in [-0.2, 0) is 4.79 Å². The van der Waals surface area contributed by atoms with Crippen LogP contribution in [0.4, 0.5) is 0 Å². The molecule has 0 spiro atoms. The minimum Gasteiger partial charge on any atom is -0.496 e. The zero-order chi connectivity index (χ0) is 10.6. The van der Waals surface area contributed by atoms with Crippen LogP contribution in [0.25, 0.3) is 6.08 Å². The van der Waals surface area contributed by atoms with E-state index in [0.29, 0.717) is 0 Å². The molecule has 2 nitrogen and oxygen atoms in total. The number of rotatable bonds is 3. The van der Waals surface area contributed by atoms with Crippen LogP contribution in [0.1, 0.15) is 18.1 Å². The van der Waals surface area contributed by atoms with Crippen LogP contribution < -0.4 is 4.74 Å². The second kappa shape index (κ2) is 4.61. The number of carbonyl (C=O) groups excluding carboxylic acids is 1. The van der Waals surface area contributed by atoms with E-state index < -0.39 is 0 Å². The first kappa shape index (κ1) is 10.5. The van der Waals surface area contributed by atoms with Crippen molar-refractivity contribution in [1.82, 2.24) is 0 Å². The van der Waals surface area contributed by atoms with Crippen LogP contribution >= 0.6 is 0 Å². The fourth-order valence-corrected chi connectivity index (χ4v) is 1.29. The topological polar surface area (TPSA) is 26.3 Å². The Morgan fingerprint density at radius 1 is 1.43 bits per heavy atom. The van der Waals surface area contributed by atoms with Gasteiger partial charge in [0.05, 0.1) is 7.11 Å². The highest BCUT2D eigenvalue weighted by molar-refractivity contribution is 5.80. The molecule has 0 aliphatic rings. The lowest BCUT2D eigenvalue weighted by atomic mass is 10.1. The minimum atomic E-state index is 0.717. The van der Waals surface area contributed by atoms with Gasteiger partial charge in [0.15, 0.2) is 0 Å². The number of allylic oxidation sites excluding steroid dienone is 1. The highest BCUT2D eigenvalue weighted by Gasteiger charge is 1.97. The molecule has 0 amide bonds. The van der Waals surface area contributed by atoms with Crippen molar-refractivity contribution < 1.29 is 9.53 Å². The summed E-state index contributed by atoms with van der Waals surface area (Å²) in [7, 11) is 1.65. The molecule has 0 unspecified atom stereocenters. The quantitative estimate of drug-likeness (QED) is 0.541. The molecule has 0 aliphatic carbocycles. The Labute approximate surface area is 84.2 Å². The first-order valence-corrected chi connectivity index (χ1v) is 4.45. The molecular formula is C12H14O2. The van der Waals surface area contributed by atoms with Crippen LogP contribution in [0.5, 0.6) is 5.75 Å². The molecular weight excluding hydrogens is 176 g/mol. The van der Waals surface area contributed by atoms with Gasteiger partial charge in [0.25, 0.3) is 0 Å². The summed E-state index contributed by atoms with van der Waals surface area (Å²) in [4.78, 5) is 10.4. The largest absolute Gasteiger partial charge is 0.496 e. The number of aryl methyl sites for hydroxylation is 1. The molecule has 0 saturated heterocycles. The third-order valence-corrected chi connectivity index (χ3v) is 2.00. The second-order valence-electron chi connectivity index (χ2n) is 3.24. The molecule has 74 valence electrons. The maximum absolute atomic E-state index is 10.4. The summed E-state index contributed by atoms with van der Waals surface area (Å²) in [5.41, 5.74) is 2.81. The Hall–Kier alpha value is -1.57. The van der Waals surface area contributed by atoms with Gasteiger partial charge < -0.3 is 4.74 Å². The third kappa shape index (κ3) is 2.46. The lowest BCUT2D eigenvalue weighted by Gasteiger charge is -2.04. The van der Waals surface area contributed by atoms with Crippen molar-refractivity contribution in [3.63, 3.8) is 0 Å². The van der Waals surface area contributed by atoms with Gasteiger partial charge in [-0.2, -0.15) is 0 Å². The average molecular weight is 190 g/mol. The number of hydrogen-bond donors (Lipinski definition) is 0. The Morgan fingerprint density at radius 2 is 2.14 bits per heavy atom. The van der Waals surface area contributed by atoms with E-state index in [9.17, 15) is 4.79 Å². The summed E-state index contributed by atoms with van der Waals surface area (Å²) in [5, 5.41) is 0. The Morgan fingerprint density at radius 3 is 2.64 bits per heavy atom. The van der Waals surface area contributed by atoms with Gasteiger partial charge in [0, 0.05) is 0 Å². The fraction of sp³-hybridized carbons (Fsp3) is 0.250. The molecule has 0 heterocycles. The van der Waals surface area contributed by atoms with Crippen molar-refractivity contribution in [2.24, 2.45) is 0 Å². The highest BCUT2D eigenvalue weighted by atomic mass is 16.5. The van der Waals surface area contributed by atoms with Gasteiger partial charge in [-0.05, 0) is 48.8 Å². The zero-order valence-corrected chi connectivity index (χ0v) is 8.70. The van der Waals surface area contributed by atoms with E-state index in [1.54, 1.807) is 14.0 Å². The summed E-state index contributed by atoms with van der Waals surface area (Å²) in [6, 6.07) is 5.82. The van der Waals surface area contributed by atoms with Crippen molar-refractivity contribution in [3.8, 4) is 5.75 Å². The van der Waals surface area contributed by atoms with Crippen molar-refractivity contribution >= 4 is 12.4 Å². The second-order valence-corrected chi connectivity index (χ2v) is 3.24. The number of carbonyl (C=O) groups is 1. The van der Waals surface area contributed by atoms with E-state index in [-0.39, 0.29) is 0 Å². The monoisotopic (exact) mass is 190 g/mol. The van der Waals surface area contributed by atoms with Gasteiger partial charge in [0.2, 0.25) is 0 Å². The number of aldehydes is 1. The van der Waals surface area contributed by atoms with Gasteiger partial charge in [-0.25, -0.2) is 0 Å². The molecule has 1 rings (SSSR count). The highest BCUT2D eigenvalue weighted by Crippen LogP contribution is 2.19. The van der Waals surface area contributed by atoms with Crippen molar-refractivity contribution in [3.05, 3.63) is 34.9 Å². The van der Waals surface area contributed by atoms with E-state index in [2.05, 4.69) is 0 Å². The molecule has 0 radical (unpaired) electrons. The Kier molecular flexibility index (Phi) is 3.46. The maximum atomic E-state index is 10.4.